The fourth-order valence-corrected chi connectivity index (χ4v) is 5.03. The number of nitrogens with one attached hydrogen (secondary N) is 2. The number of carbonyl (C=O) groups excluding carboxylic acids is 3. The largest absolute Gasteiger partial charge is 0.495 e. The fourth-order valence-electron chi connectivity index (χ4n) is 4.10. The number of benzene rings is 4. The van der Waals surface area contributed by atoms with Gasteiger partial charge in [0, 0.05) is 21.8 Å². The minimum absolute atomic E-state index is 0.151. The molecule has 200 valence electrons. The van der Waals surface area contributed by atoms with Crippen LogP contribution in [0.5, 0.6) is 5.75 Å². The van der Waals surface area contributed by atoms with Gasteiger partial charge in [-0.05, 0) is 85.3 Å². The van der Waals surface area contributed by atoms with Crippen molar-refractivity contribution in [3.05, 3.63) is 125 Å². The van der Waals surface area contributed by atoms with Crippen molar-refractivity contribution in [2.45, 2.75) is 11.8 Å². The van der Waals surface area contributed by atoms with Crippen LogP contribution in [0.3, 0.4) is 0 Å². The zero-order valence-corrected chi connectivity index (χ0v) is 22.4. The van der Waals surface area contributed by atoms with Gasteiger partial charge >= 0.3 is 0 Å². The Labute approximate surface area is 234 Å². The number of nitrogens with zero attached hydrogens (tertiary/aromatic N) is 1. The lowest BCUT2D eigenvalue weighted by Gasteiger charge is -2.19. The van der Waals surface area contributed by atoms with Crippen LogP contribution in [0.4, 0.5) is 21.5 Å². The summed E-state index contributed by atoms with van der Waals surface area (Å²) in [5, 5.41) is 5.89. The number of carbonyl (C=O) groups is 3. The second-order valence-electron chi connectivity index (χ2n) is 8.90. The van der Waals surface area contributed by atoms with Crippen LogP contribution in [0.15, 0.2) is 113 Å². The summed E-state index contributed by atoms with van der Waals surface area (Å²) in [6.07, 6.45) is 0. The molecule has 4 aromatic rings. The predicted octanol–water partition coefficient (Wildman–Crippen LogP) is 6.38. The lowest BCUT2D eigenvalue weighted by molar-refractivity contribution is -0.120. The summed E-state index contributed by atoms with van der Waals surface area (Å²) < 4.78 is 18.6. The van der Waals surface area contributed by atoms with E-state index in [1.165, 1.54) is 31.4 Å². The van der Waals surface area contributed by atoms with Crippen molar-refractivity contribution in [3.63, 3.8) is 0 Å². The Morgan fingerprint density at radius 1 is 0.850 bits per heavy atom. The Morgan fingerprint density at radius 2 is 1.55 bits per heavy atom. The van der Waals surface area contributed by atoms with E-state index in [0.717, 1.165) is 22.2 Å². The van der Waals surface area contributed by atoms with E-state index >= 15 is 0 Å². The predicted molar refractivity (Wildman–Crippen MR) is 154 cm³/mol. The van der Waals surface area contributed by atoms with Gasteiger partial charge in [-0.2, -0.15) is 0 Å². The first-order valence-electron chi connectivity index (χ1n) is 12.3. The normalized spacial score (nSPS) is 13.0. The van der Waals surface area contributed by atoms with Crippen LogP contribution in [0.1, 0.15) is 15.9 Å². The number of aryl methyl sites for hydroxylation is 1. The molecule has 0 unspecified atom stereocenters. The van der Waals surface area contributed by atoms with Crippen molar-refractivity contribution >= 4 is 46.5 Å². The number of hydrogen-bond donors (Lipinski definition) is 2. The Bertz CT molecular complexity index is 1620. The molecule has 1 aliphatic rings. The number of imide groups is 1. The highest BCUT2D eigenvalue weighted by molar-refractivity contribution is 8.04. The van der Waals surface area contributed by atoms with E-state index < -0.39 is 17.6 Å². The van der Waals surface area contributed by atoms with Gasteiger partial charge in [0.2, 0.25) is 0 Å². The molecule has 0 fully saturated rings. The van der Waals surface area contributed by atoms with Gasteiger partial charge in [0.1, 0.15) is 22.2 Å². The molecule has 9 heteroatoms. The van der Waals surface area contributed by atoms with Gasteiger partial charge in [-0.15, -0.1) is 0 Å². The van der Waals surface area contributed by atoms with Crippen LogP contribution in [0.25, 0.3) is 0 Å². The molecule has 2 N–H and O–H groups in total. The maximum Gasteiger partial charge on any atom is 0.283 e. The maximum absolute atomic E-state index is 13.7. The molecule has 0 bridgehead atoms. The van der Waals surface area contributed by atoms with E-state index in [4.69, 9.17) is 4.74 Å². The highest BCUT2D eigenvalue weighted by atomic mass is 32.2. The fraction of sp³-hybridized carbons (Fsp3) is 0.0645. The molecule has 4 aromatic carbocycles. The summed E-state index contributed by atoms with van der Waals surface area (Å²) in [5.41, 5.74) is 2.89. The standard InChI is InChI=1S/C31H24FN3O4S/c1-19-8-17-26(39-2)25(18-19)35-30(37)27(33-22-6-4-3-5-7-22)28(31(35)38)40-24-15-13-23(14-16-24)34-29(36)20-9-11-21(32)12-10-20/h3-18,33H,1-2H3,(H,34,36). The first-order valence-corrected chi connectivity index (χ1v) is 13.1. The van der Waals surface area contributed by atoms with Crippen molar-refractivity contribution in [1.82, 2.24) is 0 Å². The number of hydrogen-bond acceptors (Lipinski definition) is 6. The van der Waals surface area contributed by atoms with Crippen LogP contribution >= 0.6 is 11.8 Å². The zero-order valence-electron chi connectivity index (χ0n) is 21.6. The van der Waals surface area contributed by atoms with Gasteiger partial charge in [-0.3, -0.25) is 14.4 Å². The first kappa shape index (κ1) is 26.7. The van der Waals surface area contributed by atoms with E-state index in [9.17, 15) is 18.8 Å². The van der Waals surface area contributed by atoms with Gasteiger partial charge in [-0.1, -0.05) is 36.0 Å². The van der Waals surface area contributed by atoms with Crippen LogP contribution in [0.2, 0.25) is 0 Å². The summed E-state index contributed by atoms with van der Waals surface area (Å²) in [7, 11) is 1.49. The smallest absolute Gasteiger partial charge is 0.283 e. The molecule has 7 nitrogen and oxygen atoms in total. The van der Waals surface area contributed by atoms with Crippen molar-refractivity contribution < 1.29 is 23.5 Å². The average Bonchev–Trinajstić information content (AvgIpc) is 3.18. The van der Waals surface area contributed by atoms with Crippen LogP contribution in [-0.2, 0) is 9.59 Å². The topological polar surface area (TPSA) is 87.7 Å². The summed E-state index contributed by atoms with van der Waals surface area (Å²) >= 11 is 1.14. The first-order chi connectivity index (χ1) is 19.3. The molecule has 0 saturated heterocycles. The second-order valence-corrected chi connectivity index (χ2v) is 9.99. The molecule has 5 rings (SSSR count). The number of rotatable bonds is 8. The Morgan fingerprint density at radius 3 is 2.23 bits per heavy atom. The van der Waals surface area contributed by atoms with Crippen LogP contribution < -0.4 is 20.3 Å². The summed E-state index contributed by atoms with van der Waals surface area (Å²) in [6, 6.07) is 26.6. The summed E-state index contributed by atoms with van der Waals surface area (Å²) in [6.45, 7) is 1.87. The third kappa shape index (κ3) is 5.60. The van der Waals surface area contributed by atoms with Gasteiger partial charge < -0.3 is 15.4 Å². The van der Waals surface area contributed by atoms with Gasteiger partial charge in [0.05, 0.1) is 12.8 Å². The van der Waals surface area contributed by atoms with Crippen LogP contribution in [0, 0.1) is 12.7 Å². The van der Waals surface area contributed by atoms with Crippen molar-refractivity contribution in [3.8, 4) is 5.75 Å². The number of para-hydroxylation sites is 1. The van der Waals surface area contributed by atoms with Crippen molar-refractivity contribution in [2.75, 3.05) is 22.6 Å². The number of ether oxygens (including phenoxy) is 1. The SMILES string of the molecule is COc1ccc(C)cc1N1C(=O)C(Nc2ccccc2)=C(Sc2ccc(NC(=O)c3ccc(F)cc3)cc2)C1=O. The molecule has 0 atom stereocenters. The number of thioether (sulfide) groups is 1. The highest BCUT2D eigenvalue weighted by Gasteiger charge is 2.41. The molecular formula is C31H24FN3O4S. The summed E-state index contributed by atoms with van der Waals surface area (Å²) in [5.74, 6) is -1.38. The lowest BCUT2D eigenvalue weighted by atomic mass is 10.2. The minimum atomic E-state index is -0.497. The summed E-state index contributed by atoms with van der Waals surface area (Å²) in [4.78, 5) is 41.9. The molecule has 0 saturated carbocycles. The molecule has 40 heavy (non-hydrogen) atoms. The molecular weight excluding hydrogens is 529 g/mol. The number of anilines is 3. The molecule has 1 aliphatic heterocycles. The molecule has 3 amide bonds. The Hall–Kier alpha value is -4.89. The third-order valence-corrected chi connectivity index (χ3v) is 7.19. The van der Waals surface area contributed by atoms with E-state index in [1.807, 2.05) is 43.3 Å². The Balaban J connectivity index is 1.43. The van der Waals surface area contributed by atoms with E-state index in [-0.39, 0.29) is 16.5 Å². The van der Waals surface area contributed by atoms with Gasteiger partial charge in [0.15, 0.2) is 0 Å². The van der Waals surface area contributed by atoms with Crippen LogP contribution in [-0.4, -0.2) is 24.8 Å². The molecule has 0 aromatic heterocycles. The quantitative estimate of drug-likeness (QED) is 0.246. The monoisotopic (exact) mass is 553 g/mol. The average molecular weight is 554 g/mol. The third-order valence-electron chi connectivity index (χ3n) is 6.10. The molecule has 0 radical (unpaired) electrons. The van der Waals surface area contributed by atoms with Crippen molar-refractivity contribution in [2.24, 2.45) is 0 Å². The Kier molecular flexibility index (Phi) is 7.65. The molecule has 0 spiro atoms. The number of halogens is 1. The number of methoxy groups -OCH3 is 1. The molecule has 0 aliphatic carbocycles. The second kappa shape index (κ2) is 11.5. The zero-order chi connectivity index (χ0) is 28.2. The highest BCUT2D eigenvalue weighted by Crippen LogP contribution is 2.41. The van der Waals surface area contributed by atoms with E-state index in [1.54, 1.807) is 36.4 Å². The van der Waals surface area contributed by atoms with Gasteiger partial charge in [-0.25, -0.2) is 9.29 Å². The lowest BCUT2D eigenvalue weighted by Crippen LogP contribution is -2.32. The van der Waals surface area contributed by atoms with E-state index in [0.29, 0.717) is 33.3 Å². The maximum atomic E-state index is 13.7. The van der Waals surface area contributed by atoms with Crippen molar-refractivity contribution in [1.29, 1.82) is 0 Å². The van der Waals surface area contributed by atoms with E-state index in [2.05, 4.69) is 10.6 Å². The molecule has 1 heterocycles. The minimum Gasteiger partial charge on any atom is -0.495 e. The van der Waals surface area contributed by atoms with Gasteiger partial charge in [0.25, 0.3) is 17.7 Å². The number of amides is 3.